The van der Waals surface area contributed by atoms with Crippen molar-refractivity contribution in [2.24, 2.45) is 0 Å². The summed E-state index contributed by atoms with van der Waals surface area (Å²) in [4.78, 5) is 12.7. The molecule has 1 aliphatic rings. The predicted molar refractivity (Wildman–Crippen MR) is 119 cm³/mol. The van der Waals surface area contributed by atoms with Gasteiger partial charge in [0.1, 0.15) is 5.82 Å². The number of carbonyl (C=O) groups excluding carboxylic acids is 1. The third kappa shape index (κ3) is 3.32. The number of phenols is 1. The van der Waals surface area contributed by atoms with Gasteiger partial charge in [-0.15, -0.1) is 0 Å². The lowest BCUT2D eigenvalue weighted by Gasteiger charge is -2.25. The number of aromatic nitrogens is 2. The molecule has 0 bridgehead atoms. The fourth-order valence-electron chi connectivity index (χ4n) is 4.11. The number of benzene rings is 3. The number of para-hydroxylation sites is 1. The zero-order chi connectivity index (χ0) is 21.4. The fourth-order valence-corrected chi connectivity index (χ4v) is 4.11. The number of nitrogens with zero attached hydrogens (tertiary/aromatic N) is 2. The Kier molecular flexibility index (Phi) is 4.67. The maximum Gasteiger partial charge on any atom is 0.226 e. The number of phenolic OH excluding ortho intramolecular Hbond substituents is 1. The maximum atomic E-state index is 12.7. The quantitative estimate of drug-likeness (QED) is 0.509. The van der Waals surface area contributed by atoms with Gasteiger partial charge in [-0.3, -0.25) is 4.79 Å². The topological polar surface area (TPSA) is 76.4 Å². The Labute approximate surface area is 179 Å². The van der Waals surface area contributed by atoms with E-state index in [-0.39, 0.29) is 24.0 Å². The summed E-state index contributed by atoms with van der Waals surface area (Å²) in [5.41, 5.74) is 4.49. The predicted octanol–water partition coefficient (Wildman–Crippen LogP) is 4.73. The molecule has 154 valence electrons. The highest BCUT2D eigenvalue weighted by Gasteiger charge is 2.34. The van der Waals surface area contributed by atoms with E-state index in [9.17, 15) is 9.90 Å². The number of aromatic hydroxyl groups is 1. The Morgan fingerprint density at radius 3 is 2.45 bits per heavy atom. The van der Waals surface area contributed by atoms with E-state index in [1.54, 1.807) is 16.8 Å². The highest BCUT2D eigenvalue weighted by molar-refractivity contribution is 5.96. The van der Waals surface area contributed by atoms with Crippen molar-refractivity contribution in [1.82, 2.24) is 9.78 Å². The number of anilines is 1. The number of ether oxygens (including phenoxy) is 1. The summed E-state index contributed by atoms with van der Waals surface area (Å²) in [6.45, 7) is 0. The van der Waals surface area contributed by atoms with Gasteiger partial charge >= 0.3 is 0 Å². The molecule has 5 rings (SSSR count). The monoisotopic (exact) mass is 411 g/mol. The van der Waals surface area contributed by atoms with Crippen LogP contribution in [0.25, 0.3) is 16.9 Å². The molecule has 1 atom stereocenters. The van der Waals surface area contributed by atoms with E-state index in [1.807, 2.05) is 66.7 Å². The Balaban J connectivity index is 1.76. The first kappa shape index (κ1) is 18.9. The van der Waals surface area contributed by atoms with Gasteiger partial charge in [-0.25, -0.2) is 4.68 Å². The van der Waals surface area contributed by atoms with E-state index in [2.05, 4.69) is 5.32 Å². The van der Waals surface area contributed by atoms with Crippen LogP contribution in [-0.2, 0) is 4.79 Å². The van der Waals surface area contributed by atoms with Gasteiger partial charge in [0.25, 0.3) is 0 Å². The van der Waals surface area contributed by atoms with Crippen molar-refractivity contribution in [2.45, 2.75) is 12.3 Å². The van der Waals surface area contributed by atoms with Gasteiger partial charge in [0.2, 0.25) is 5.91 Å². The van der Waals surface area contributed by atoms with Crippen molar-refractivity contribution in [3.8, 4) is 28.4 Å². The van der Waals surface area contributed by atoms with Crippen LogP contribution in [0.2, 0.25) is 0 Å². The number of carbonyl (C=O) groups is 1. The van der Waals surface area contributed by atoms with Crippen LogP contribution in [0.4, 0.5) is 5.82 Å². The van der Waals surface area contributed by atoms with Crippen LogP contribution in [0.15, 0.2) is 78.9 Å². The molecule has 0 spiro atoms. The van der Waals surface area contributed by atoms with Gasteiger partial charge in [-0.2, -0.15) is 5.10 Å². The van der Waals surface area contributed by atoms with E-state index >= 15 is 0 Å². The molecule has 0 saturated carbocycles. The van der Waals surface area contributed by atoms with Crippen molar-refractivity contribution >= 4 is 11.7 Å². The van der Waals surface area contributed by atoms with E-state index in [1.165, 1.54) is 7.11 Å². The summed E-state index contributed by atoms with van der Waals surface area (Å²) in [5, 5.41) is 18.0. The second kappa shape index (κ2) is 7.65. The number of fused-ring (bicyclic) bond motifs is 1. The summed E-state index contributed by atoms with van der Waals surface area (Å²) in [7, 11) is 1.51. The normalized spacial score (nSPS) is 15.3. The van der Waals surface area contributed by atoms with Gasteiger partial charge < -0.3 is 15.2 Å². The van der Waals surface area contributed by atoms with Gasteiger partial charge in [-0.1, -0.05) is 54.6 Å². The van der Waals surface area contributed by atoms with Gasteiger partial charge in [0.05, 0.1) is 18.5 Å². The molecule has 4 aromatic rings. The average Bonchev–Trinajstić information content (AvgIpc) is 3.19. The van der Waals surface area contributed by atoms with E-state index in [0.29, 0.717) is 11.6 Å². The lowest BCUT2D eigenvalue weighted by atomic mass is 9.84. The van der Waals surface area contributed by atoms with Crippen molar-refractivity contribution in [3.05, 3.63) is 90.0 Å². The molecule has 0 aliphatic carbocycles. The number of hydrogen-bond acceptors (Lipinski definition) is 4. The van der Waals surface area contributed by atoms with Crippen LogP contribution >= 0.6 is 0 Å². The molecule has 1 amide bonds. The van der Waals surface area contributed by atoms with E-state index < -0.39 is 0 Å². The molecule has 1 unspecified atom stereocenters. The molecule has 2 heterocycles. The van der Waals surface area contributed by atoms with Crippen molar-refractivity contribution in [1.29, 1.82) is 0 Å². The molecule has 0 radical (unpaired) electrons. The molecule has 6 heteroatoms. The van der Waals surface area contributed by atoms with Crippen LogP contribution in [0.3, 0.4) is 0 Å². The second-order valence-corrected chi connectivity index (χ2v) is 7.46. The second-order valence-electron chi connectivity index (χ2n) is 7.46. The highest BCUT2D eigenvalue weighted by atomic mass is 16.5. The minimum Gasteiger partial charge on any atom is -0.504 e. The molecular formula is C25H21N3O3. The van der Waals surface area contributed by atoms with Crippen LogP contribution in [-0.4, -0.2) is 27.9 Å². The van der Waals surface area contributed by atoms with Crippen LogP contribution in [0.5, 0.6) is 11.5 Å². The lowest BCUT2D eigenvalue weighted by Crippen LogP contribution is -2.24. The number of hydrogen-bond donors (Lipinski definition) is 2. The maximum absolute atomic E-state index is 12.7. The Morgan fingerprint density at radius 2 is 1.74 bits per heavy atom. The molecule has 31 heavy (non-hydrogen) atoms. The zero-order valence-electron chi connectivity index (χ0n) is 16.9. The average molecular weight is 411 g/mol. The van der Waals surface area contributed by atoms with Crippen molar-refractivity contribution in [2.75, 3.05) is 12.4 Å². The summed E-state index contributed by atoms with van der Waals surface area (Å²) >= 11 is 0. The van der Waals surface area contributed by atoms with Crippen LogP contribution in [0, 0.1) is 0 Å². The summed E-state index contributed by atoms with van der Waals surface area (Å²) < 4.78 is 7.10. The number of methoxy groups -OCH3 is 1. The fraction of sp³-hybridized carbons (Fsp3) is 0.120. The Morgan fingerprint density at radius 1 is 1.03 bits per heavy atom. The molecule has 2 N–H and O–H groups in total. The number of amides is 1. The van der Waals surface area contributed by atoms with Crippen molar-refractivity contribution < 1.29 is 14.6 Å². The Hall–Kier alpha value is -4.06. The largest absolute Gasteiger partial charge is 0.504 e. The first-order valence-electron chi connectivity index (χ1n) is 10.1. The van der Waals surface area contributed by atoms with E-state index in [4.69, 9.17) is 9.84 Å². The first-order chi connectivity index (χ1) is 15.2. The molecule has 6 nitrogen and oxygen atoms in total. The number of nitrogens with one attached hydrogen (secondary N) is 1. The van der Waals surface area contributed by atoms with Crippen LogP contribution < -0.4 is 10.1 Å². The molecule has 0 fully saturated rings. The molecule has 0 saturated heterocycles. The Bertz CT molecular complexity index is 1250. The standard InChI is InChI=1S/C25H21N3O3/c1-31-21-14-17(12-13-20(21)29)19-15-22(30)26-25-23(19)24(16-8-4-2-5-9-16)27-28(25)18-10-6-3-7-11-18/h2-14,19,29H,15H2,1H3,(H,26,30). The SMILES string of the molecule is COc1cc(C2CC(=O)Nc3c2c(-c2ccccc2)nn3-c2ccccc2)ccc1O. The summed E-state index contributed by atoms with van der Waals surface area (Å²) in [6.07, 6.45) is 0.279. The molecule has 1 aliphatic heterocycles. The number of rotatable bonds is 4. The third-order valence-electron chi connectivity index (χ3n) is 5.57. The van der Waals surface area contributed by atoms with Crippen LogP contribution in [0.1, 0.15) is 23.5 Å². The van der Waals surface area contributed by atoms with Gasteiger partial charge in [0.15, 0.2) is 11.5 Å². The lowest BCUT2D eigenvalue weighted by molar-refractivity contribution is -0.116. The first-order valence-corrected chi connectivity index (χ1v) is 10.1. The van der Waals surface area contributed by atoms with Gasteiger partial charge in [-0.05, 0) is 29.8 Å². The zero-order valence-corrected chi connectivity index (χ0v) is 16.9. The third-order valence-corrected chi connectivity index (χ3v) is 5.57. The highest BCUT2D eigenvalue weighted by Crippen LogP contribution is 2.45. The van der Waals surface area contributed by atoms with E-state index in [0.717, 1.165) is 28.1 Å². The summed E-state index contributed by atoms with van der Waals surface area (Å²) in [5.74, 6) is 0.794. The molecular weight excluding hydrogens is 390 g/mol. The molecule has 1 aromatic heterocycles. The minimum absolute atomic E-state index is 0.0648. The molecule has 3 aromatic carbocycles. The van der Waals surface area contributed by atoms with Crippen molar-refractivity contribution in [3.63, 3.8) is 0 Å². The van der Waals surface area contributed by atoms with Gasteiger partial charge in [0, 0.05) is 23.5 Å². The minimum atomic E-state index is -0.231. The summed E-state index contributed by atoms with van der Waals surface area (Å²) in [6, 6.07) is 24.9. The smallest absolute Gasteiger partial charge is 0.226 e.